The molecular formula is C9H8Cl2N4S. The van der Waals surface area contributed by atoms with E-state index in [0.717, 1.165) is 5.56 Å². The Balaban J connectivity index is 2.15. The van der Waals surface area contributed by atoms with Crippen LogP contribution in [0.15, 0.2) is 16.8 Å². The maximum Gasteiger partial charge on any atom is 0.228 e. The number of thiophene rings is 1. The summed E-state index contributed by atoms with van der Waals surface area (Å²) in [6.45, 7) is 2.01. The van der Waals surface area contributed by atoms with Gasteiger partial charge in [-0.1, -0.05) is 0 Å². The van der Waals surface area contributed by atoms with Crippen LogP contribution in [0.4, 0.5) is 5.95 Å². The van der Waals surface area contributed by atoms with E-state index in [2.05, 4.69) is 25.6 Å². The molecule has 1 unspecified atom stereocenters. The Labute approximate surface area is 107 Å². The van der Waals surface area contributed by atoms with Crippen molar-refractivity contribution in [2.75, 3.05) is 5.32 Å². The lowest BCUT2D eigenvalue weighted by atomic mass is 10.2. The van der Waals surface area contributed by atoms with E-state index in [4.69, 9.17) is 23.2 Å². The van der Waals surface area contributed by atoms with Crippen LogP contribution in [0.1, 0.15) is 18.5 Å². The number of anilines is 1. The van der Waals surface area contributed by atoms with Crippen LogP contribution in [0, 0.1) is 0 Å². The second kappa shape index (κ2) is 4.95. The lowest BCUT2D eigenvalue weighted by Gasteiger charge is -2.11. The van der Waals surface area contributed by atoms with Gasteiger partial charge in [0.15, 0.2) is 0 Å². The van der Waals surface area contributed by atoms with Crippen LogP contribution < -0.4 is 5.32 Å². The molecule has 2 aromatic rings. The monoisotopic (exact) mass is 274 g/mol. The largest absolute Gasteiger partial charge is 0.348 e. The Morgan fingerprint density at radius 3 is 2.50 bits per heavy atom. The lowest BCUT2D eigenvalue weighted by Crippen LogP contribution is -2.09. The summed E-state index contributed by atoms with van der Waals surface area (Å²) in [5.41, 5.74) is 1.16. The molecule has 7 heteroatoms. The Kier molecular flexibility index (Phi) is 3.58. The van der Waals surface area contributed by atoms with Crippen LogP contribution in [0.5, 0.6) is 0 Å². The first-order valence-corrected chi connectivity index (χ1v) is 6.21. The number of nitrogens with one attached hydrogen (secondary N) is 1. The third-order valence-electron chi connectivity index (χ3n) is 1.97. The fraction of sp³-hybridized carbons (Fsp3) is 0.222. The van der Waals surface area contributed by atoms with Crippen molar-refractivity contribution in [2.24, 2.45) is 0 Å². The summed E-state index contributed by atoms with van der Waals surface area (Å²) in [5.74, 6) is 0.378. The lowest BCUT2D eigenvalue weighted by molar-refractivity contribution is 0.858. The molecule has 0 saturated carbocycles. The minimum atomic E-state index is 0.0834. The zero-order valence-corrected chi connectivity index (χ0v) is 10.6. The van der Waals surface area contributed by atoms with Gasteiger partial charge in [0.05, 0.1) is 6.04 Å². The SMILES string of the molecule is CC(Nc1nc(Cl)nc(Cl)n1)c1ccsc1. The number of halogens is 2. The van der Waals surface area contributed by atoms with Gasteiger partial charge >= 0.3 is 0 Å². The van der Waals surface area contributed by atoms with Gasteiger partial charge in [0.2, 0.25) is 16.5 Å². The summed E-state index contributed by atoms with van der Waals surface area (Å²) in [6, 6.07) is 2.13. The second-order valence-corrected chi connectivity index (χ2v) is 4.58. The highest BCUT2D eigenvalue weighted by atomic mass is 35.5. The highest BCUT2D eigenvalue weighted by molar-refractivity contribution is 7.07. The molecule has 1 atom stereocenters. The van der Waals surface area contributed by atoms with Gasteiger partial charge in [0, 0.05) is 0 Å². The molecule has 4 nitrogen and oxygen atoms in total. The molecule has 2 rings (SSSR count). The van der Waals surface area contributed by atoms with Gasteiger partial charge in [-0.05, 0) is 52.5 Å². The molecule has 0 radical (unpaired) electrons. The Morgan fingerprint density at radius 1 is 1.25 bits per heavy atom. The van der Waals surface area contributed by atoms with Crippen LogP contribution in [-0.4, -0.2) is 15.0 Å². The highest BCUT2D eigenvalue weighted by Gasteiger charge is 2.09. The molecule has 0 aliphatic carbocycles. The van der Waals surface area contributed by atoms with Crippen LogP contribution in [0.2, 0.25) is 10.6 Å². The predicted molar refractivity (Wildman–Crippen MR) is 66.2 cm³/mol. The Morgan fingerprint density at radius 2 is 1.94 bits per heavy atom. The summed E-state index contributed by atoms with van der Waals surface area (Å²) in [4.78, 5) is 11.5. The smallest absolute Gasteiger partial charge is 0.228 e. The Hall–Kier alpha value is -0.910. The molecule has 0 saturated heterocycles. The summed E-state index contributed by atoms with van der Waals surface area (Å²) in [6.07, 6.45) is 0. The standard InChI is InChI=1S/C9H8Cl2N4S/c1-5(6-2-3-16-4-6)12-9-14-7(10)13-8(11)15-9/h2-5H,1H3,(H,12,13,14,15). The quantitative estimate of drug-likeness (QED) is 0.932. The van der Waals surface area contributed by atoms with Crippen LogP contribution in [-0.2, 0) is 0 Å². The van der Waals surface area contributed by atoms with Crippen LogP contribution >= 0.6 is 34.5 Å². The molecule has 0 bridgehead atoms. The van der Waals surface area contributed by atoms with E-state index >= 15 is 0 Å². The average Bonchev–Trinajstić information content (AvgIpc) is 2.68. The minimum absolute atomic E-state index is 0.0834. The van der Waals surface area contributed by atoms with Gasteiger partial charge in [-0.15, -0.1) is 0 Å². The molecule has 16 heavy (non-hydrogen) atoms. The molecule has 0 aliphatic rings. The Bertz CT molecular complexity index is 454. The van der Waals surface area contributed by atoms with Gasteiger partial charge in [0.1, 0.15) is 0 Å². The molecule has 0 fully saturated rings. The van der Waals surface area contributed by atoms with E-state index in [0.29, 0.717) is 5.95 Å². The molecule has 0 aliphatic heterocycles. The molecule has 2 aromatic heterocycles. The van der Waals surface area contributed by atoms with Crippen molar-refractivity contribution >= 4 is 40.5 Å². The number of rotatable bonds is 3. The van der Waals surface area contributed by atoms with E-state index < -0.39 is 0 Å². The summed E-state index contributed by atoms with van der Waals surface area (Å²) >= 11 is 13.0. The average molecular weight is 275 g/mol. The van der Waals surface area contributed by atoms with E-state index in [1.54, 1.807) is 11.3 Å². The normalized spacial score (nSPS) is 12.4. The number of aromatic nitrogens is 3. The molecular weight excluding hydrogens is 267 g/mol. The fourth-order valence-electron chi connectivity index (χ4n) is 1.19. The zero-order chi connectivity index (χ0) is 11.5. The van der Waals surface area contributed by atoms with E-state index in [1.165, 1.54) is 0 Å². The maximum atomic E-state index is 5.67. The first-order chi connectivity index (χ1) is 7.65. The third kappa shape index (κ3) is 2.81. The summed E-state index contributed by atoms with van der Waals surface area (Å²) in [5, 5.41) is 7.34. The zero-order valence-electron chi connectivity index (χ0n) is 8.32. The summed E-state index contributed by atoms with van der Waals surface area (Å²) in [7, 11) is 0. The number of hydrogen-bond donors (Lipinski definition) is 1. The first-order valence-electron chi connectivity index (χ1n) is 4.51. The first kappa shape index (κ1) is 11.6. The van der Waals surface area contributed by atoms with Crippen molar-refractivity contribution in [2.45, 2.75) is 13.0 Å². The van der Waals surface area contributed by atoms with Gasteiger partial charge in [-0.2, -0.15) is 26.3 Å². The second-order valence-electron chi connectivity index (χ2n) is 3.12. The topological polar surface area (TPSA) is 50.7 Å². The van der Waals surface area contributed by atoms with Crippen molar-refractivity contribution in [3.05, 3.63) is 33.0 Å². The van der Waals surface area contributed by atoms with E-state index in [9.17, 15) is 0 Å². The highest BCUT2D eigenvalue weighted by Crippen LogP contribution is 2.20. The van der Waals surface area contributed by atoms with Crippen molar-refractivity contribution in [3.8, 4) is 0 Å². The van der Waals surface area contributed by atoms with Crippen molar-refractivity contribution < 1.29 is 0 Å². The van der Waals surface area contributed by atoms with E-state index in [-0.39, 0.29) is 16.6 Å². The number of hydrogen-bond acceptors (Lipinski definition) is 5. The van der Waals surface area contributed by atoms with Gasteiger partial charge in [-0.25, -0.2) is 0 Å². The van der Waals surface area contributed by atoms with Gasteiger partial charge < -0.3 is 5.32 Å². The molecule has 0 amide bonds. The van der Waals surface area contributed by atoms with Crippen molar-refractivity contribution in [1.82, 2.24) is 15.0 Å². The molecule has 2 heterocycles. The number of nitrogens with zero attached hydrogens (tertiary/aromatic N) is 3. The van der Waals surface area contributed by atoms with Gasteiger partial charge in [-0.3, -0.25) is 0 Å². The molecule has 0 aromatic carbocycles. The summed E-state index contributed by atoms with van der Waals surface area (Å²) < 4.78 is 0. The van der Waals surface area contributed by atoms with E-state index in [1.807, 2.05) is 18.4 Å². The third-order valence-corrected chi connectivity index (χ3v) is 3.01. The molecule has 1 N–H and O–H groups in total. The van der Waals surface area contributed by atoms with Crippen LogP contribution in [0.3, 0.4) is 0 Å². The minimum Gasteiger partial charge on any atom is -0.348 e. The fourth-order valence-corrected chi connectivity index (χ4v) is 2.31. The predicted octanol–water partition coefficient (Wildman–Crippen LogP) is 3.41. The van der Waals surface area contributed by atoms with Gasteiger partial charge in [0.25, 0.3) is 0 Å². The van der Waals surface area contributed by atoms with Crippen molar-refractivity contribution in [3.63, 3.8) is 0 Å². The molecule has 84 valence electrons. The van der Waals surface area contributed by atoms with Crippen molar-refractivity contribution in [1.29, 1.82) is 0 Å². The van der Waals surface area contributed by atoms with Crippen LogP contribution in [0.25, 0.3) is 0 Å². The maximum absolute atomic E-state index is 5.67. The molecule has 0 spiro atoms.